The van der Waals surface area contributed by atoms with E-state index in [0.717, 1.165) is 19.5 Å². The molecule has 0 spiro atoms. The van der Waals surface area contributed by atoms with Crippen molar-refractivity contribution < 1.29 is 0 Å². The monoisotopic (exact) mass is 291 g/mol. The van der Waals surface area contributed by atoms with Gasteiger partial charge in [0.15, 0.2) is 0 Å². The van der Waals surface area contributed by atoms with Crippen molar-refractivity contribution in [2.45, 2.75) is 78.2 Å². The van der Waals surface area contributed by atoms with E-state index < -0.39 is 0 Å². The summed E-state index contributed by atoms with van der Waals surface area (Å²) < 4.78 is 2.19. The van der Waals surface area contributed by atoms with E-state index in [1.54, 1.807) is 0 Å². The molecule has 1 aliphatic carbocycles. The number of hydrogen-bond donors (Lipinski definition) is 1. The highest BCUT2D eigenvalue weighted by Crippen LogP contribution is 2.38. The van der Waals surface area contributed by atoms with Crippen LogP contribution in [-0.2, 0) is 6.42 Å². The Kier molecular flexibility index (Phi) is 6.28. The van der Waals surface area contributed by atoms with Crippen LogP contribution in [0.25, 0.3) is 0 Å². The molecule has 0 aliphatic heterocycles. The molecule has 1 heterocycles. The van der Waals surface area contributed by atoms with E-state index in [4.69, 9.17) is 5.10 Å². The normalized spacial score (nSPS) is 18.3. The zero-order chi connectivity index (χ0) is 15.1. The molecule has 0 atom stereocenters. The molecule has 1 fully saturated rings. The summed E-state index contributed by atoms with van der Waals surface area (Å²) in [5.74, 6) is 0. The van der Waals surface area contributed by atoms with Crippen molar-refractivity contribution in [3.05, 3.63) is 18.0 Å². The average molecular weight is 291 g/mol. The summed E-state index contributed by atoms with van der Waals surface area (Å²) in [6.45, 7) is 8.94. The predicted molar refractivity (Wildman–Crippen MR) is 89.6 cm³/mol. The maximum absolute atomic E-state index is 4.89. The van der Waals surface area contributed by atoms with Gasteiger partial charge < -0.3 is 5.32 Å². The third-order valence-corrected chi connectivity index (χ3v) is 5.20. The fraction of sp³-hybridized carbons (Fsp3) is 0.833. The summed E-state index contributed by atoms with van der Waals surface area (Å²) in [6.07, 6.45) is 12.6. The van der Waals surface area contributed by atoms with Gasteiger partial charge in [-0.3, -0.25) is 4.68 Å². The molecule has 1 saturated carbocycles. The Morgan fingerprint density at radius 3 is 2.52 bits per heavy atom. The minimum absolute atomic E-state index is 0.446. The first-order valence-corrected chi connectivity index (χ1v) is 8.97. The van der Waals surface area contributed by atoms with Gasteiger partial charge in [-0.15, -0.1) is 0 Å². The van der Waals surface area contributed by atoms with Gasteiger partial charge in [0.05, 0.1) is 11.7 Å². The van der Waals surface area contributed by atoms with Crippen LogP contribution in [-0.4, -0.2) is 22.9 Å². The van der Waals surface area contributed by atoms with Gasteiger partial charge in [0.1, 0.15) is 0 Å². The van der Waals surface area contributed by atoms with Crippen LogP contribution < -0.4 is 5.32 Å². The SMILES string of the molecule is CCNCC1(Cc2ccn(C(CC)CC)n2)CCCCC1. The Balaban J connectivity index is 2.06. The molecule has 1 aliphatic rings. The number of nitrogens with zero attached hydrogens (tertiary/aromatic N) is 2. The molecule has 0 amide bonds. The quantitative estimate of drug-likeness (QED) is 0.772. The lowest BCUT2D eigenvalue weighted by atomic mass is 9.71. The van der Waals surface area contributed by atoms with E-state index in [-0.39, 0.29) is 0 Å². The van der Waals surface area contributed by atoms with E-state index in [1.807, 2.05) is 0 Å². The fourth-order valence-electron chi connectivity index (χ4n) is 3.83. The number of nitrogens with one attached hydrogen (secondary N) is 1. The smallest absolute Gasteiger partial charge is 0.0630 e. The summed E-state index contributed by atoms with van der Waals surface area (Å²) in [4.78, 5) is 0. The Bertz CT molecular complexity index is 400. The van der Waals surface area contributed by atoms with Gasteiger partial charge in [-0.05, 0) is 50.1 Å². The van der Waals surface area contributed by atoms with E-state index >= 15 is 0 Å². The number of rotatable bonds is 8. The van der Waals surface area contributed by atoms with Crippen molar-refractivity contribution >= 4 is 0 Å². The van der Waals surface area contributed by atoms with E-state index in [2.05, 4.69) is 43.0 Å². The minimum Gasteiger partial charge on any atom is -0.316 e. The van der Waals surface area contributed by atoms with Crippen LogP contribution in [0.15, 0.2) is 12.3 Å². The van der Waals surface area contributed by atoms with Gasteiger partial charge in [-0.2, -0.15) is 5.10 Å². The minimum atomic E-state index is 0.446. The predicted octanol–water partition coefficient (Wildman–Crippen LogP) is 4.35. The van der Waals surface area contributed by atoms with Crippen molar-refractivity contribution in [2.24, 2.45) is 5.41 Å². The maximum Gasteiger partial charge on any atom is 0.0630 e. The zero-order valence-electron chi connectivity index (χ0n) is 14.2. The maximum atomic E-state index is 4.89. The molecule has 1 N–H and O–H groups in total. The highest BCUT2D eigenvalue weighted by atomic mass is 15.3. The summed E-state index contributed by atoms with van der Waals surface area (Å²) >= 11 is 0. The molecule has 0 radical (unpaired) electrons. The fourth-order valence-corrected chi connectivity index (χ4v) is 3.83. The molecule has 0 saturated heterocycles. The highest BCUT2D eigenvalue weighted by Gasteiger charge is 2.32. The second-order valence-electron chi connectivity index (χ2n) is 6.78. The van der Waals surface area contributed by atoms with Crippen LogP contribution in [0.2, 0.25) is 0 Å². The first kappa shape index (κ1) is 16.5. The lowest BCUT2D eigenvalue weighted by Crippen LogP contribution is -2.38. The molecule has 3 nitrogen and oxygen atoms in total. The lowest BCUT2D eigenvalue weighted by molar-refractivity contribution is 0.179. The van der Waals surface area contributed by atoms with Gasteiger partial charge in [0.2, 0.25) is 0 Å². The van der Waals surface area contributed by atoms with Crippen LogP contribution in [0, 0.1) is 5.41 Å². The molecule has 120 valence electrons. The van der Waals surface area contributed by atoms with Crippen LogP contribution in [0.3, 0.4) is 0 Å². The zero-order valence-corrected chi connectivity index (χ0v) is 14.2. The Labute approximate surface area is 130 Å². The molecule has 3 heteroatoms. The van der Waals surface area contributed by atoms with Crippen molar-refractivity contribution in [3.63, 3.8) is 0 Å². The molecule has 1 aromatic heterocycles. The highest BCUT2D eigenvalue weighted by molar-refractivity contribution is 5.05. The average Bonchev–Trinajstić information content (AvgIpc) is 2.95. The van der Waals surface area contributed by atoms with Gasteiger partial charge in [0.25, 0.3) is 0 Å². The number of aromatic nitrogens is 2. The Hall–Kier alpha value is -0.830. The summed E-state index contributed by atoms with van der Waals surface area (Å²) in [5.41, 5.74) is 1.74. The Morgan fingerprint density at radius 1 is 1.19 bits per heavy atom. The first-order chi connectivity index (χ1) is 10.2. The molecule has 21 heavy (non-hydrogen) atoms. The van der Waals surface area contributed by atoms with Crippen molar-refractivity contribution in [3.8, 4) is 0 Å². The summed E-state index contributed by atoms with van der Waals surface area (Å²) in [5, 5.41) is 8.48. The molecule has 2 rings (SSSR count). The molecule has 0 bridgehead atoms. The molecular weight excluding hydrogens is 258 g/mol. The lowest BCUT2D eigenvalue weighted by Gasteiger charge is -2.37. The summed E-state index contributed by atoms with van der Waals surface area (Å²) in [7, 11) is 0. The van der Waals surface area contributed by atoms with Gasteiger partial charge in [0, 0.05) is 12.7 Å². The van der Waals surface area contributed by atoms with E-state index in [9.17, 15) is 0 Å². The first-order valence-electron chi connectivity index (χ1n) is 8.97. The molecular formula is C18H33N3. The van der Waals surface area contributed by atoms with Crippen LogP contribution in [0.5, 0.6) is 0 Å². The van der Waals surface area contributed by atoms with Crippen molar-refractivity contribution in [1.82, 2.24) is 15.1 Å². The Morgan fingerprint density at radius 2 is 1.90 bits per heavy atom. The number of hydrogen-bond acceptors (Lipinski definition) is 2. The second kappa shape index (κ2) is 7.98. The molecule has 0 aromatic carbocycles. The largest absolute Gasteiger partial charge is 0.316 e. The second-order valence-corrected chi connectivity index (χ2v) is 6.78. The van der Waals surface area contributed by atoms with Gasteiger partial charge >= 0.3 is 0 Å². The third kappa shape index (κ3) is 4.32. The topological polar surface area (TPSA) is 29.9 Å². The standard InChI is InChI=1S/C18H33N3/c1-4-17(5-2)21-13-10-16(20-21)14-18(15-19-6-3)11-8-7-9-12-18/h10,13,17,19H,4-9,11-12,14-15H2,1-3H3. The van der Waals surface area contributed by atoms with E-state index in [0.29, 0.717) is 11.5 Å². The van der Waals surface area contributed by atoms with Crippen molar-refractivity contribution in [2.75, 3.05) is 13.1 Å². The van der Waals surface area contributed by atoms with Crippen molar-refractivity contribution in [1.29, 1.82) is 0 Å². The van der Waals surface area contributed by atoms with Crippen LogP contribution in [0.4, 0.5) is 0 Å². The molecule has 0 unspecified atom stereocenters. The van der Waals surface area contributed by atoms with Crippen LogP contribution >= 0.6 is 0 Å². The van der Waals surface area contributed by atoms with Gasteiger partial charge in [-0.1, -0.05) is 40.0 Å². The van der Waals surface area contributed by atoms with Gasteiger partial charge in [-0.25, -0.2) is 0 Å². The molecule has 1 aromatic rings. The third-order valence-electron chi connectivity index (χ3n) is 5.20. The van der Waals surface area contributed by atoms with Crippen LogP contribution in [0.1, 0.15) is 77.5 Å². The summed E-state index contributed by atoms with van der Waals surface area (Å²) in [6, 6.07) is 2.82. The van der Waals surface area contributed by atoms with E-state index in [1.165, 1.54) is 50.6 Å².